The fourth-order valence-electron chi connectivity index (χ4n) is 2.25. The van der Waals surface area contributed by atoms with Crippen molar-refractivity contribution in [1.29, 1.82) is 0 Å². The highest BCUT2D eigenvalue weighted by molar-refractivity contribution is 6.06. The lowest BCUT2D eigenvalue weighted by atomic mass is 10.2. The predicted molar refractivity (Wildman–Crippen MR) is 87.0 cm³/mol. The third-order valence-corrected chi connectivity index (χ3v) is 3.43. The molecule has 0 saturated carbocycles. The van der Waals surface area contributed by atoms with Gasteiger partial charge in [-0.2, -0.15) is 0 Å². The summed E-state index contributed by atoms with van der Waals surface area (Å²) in [5.74, 6) is 1.89. The number of anilines is 1. The highest BCUT2D eigenvalue weighted by Crippen LogP contribution is 2.19. The van der Waals surface area contributed by atoms with E-state index in [4.69, 9.17) is 4.74 Å². The number of aromatic nitrogens is 3. The molecule has 6 nitrogen and oxygen atoms in total. The highest BCUT2D eigenvalue weighted by Gasteiger charge is 2.12. The summed E-state index contributed by atoms with van der Waals surface area (Å²) in [5.41, 5.74) is 1.09. The SMILES string of the molecule is COc1ccccc1C(=O)Nc1ccc(-n2ccnc2C)nc1. The van der Waals surface area contributed by atoms with Crippen molar-refractivity contribution in [1.82, 2.24) is 14.5 Å². The smallest absolute Gasteiger partial charge is 0.259 e. The van der Waals surface area contributed by atoms with Gasteiger partial charge in [0, 0.05) is 12.4 Å². The Morgan fingerprint density at radius 1 is 1.17 bits per heavy atom. The molecule has 2 heterocycles. The van der Waals surface area contributed by atoms with Gasteiger partial charge in [0.1, 0.15) is 17.4 Å². The normalized spacial score (nSPS) is 10.3. The number of ether oxygens (including phenoxy) is 1. The predicted octanol–water partition coefficient (Wildman–Crippen LogP) is 2.84. The number of rotatable bonds is 4. The number of nitrogens with one attached hydrogen (secondary N) is 1. The van der Waals surface area contributed by atoms with Gasteiger partial charge in [-0.05, 0) is 31.2 Å². The van der Waals surface area contributed by atoms with E-state index in [2.05, 4.69) is 15.3 Å². The molecule has 3 aromatic rings. The van der Waals surface area contributed by atoms with Gasteiger partial charge in [-0.25, -0.2) is 9.97 Å². The summed E-state index contributed by atoms with van der Waals surface area (Å²) >= 11 is 0. The second kappa shape index (κ2) is 6.31. The van der Waals surface area contributed by atoms with Crippen molar-refractivity contribution in [2.24, 2.45) is 0 Å². The van der Waals surface area contributed by atoms with E-state index in [1.807, 2.05) is 29.8 Å². The van der Waals surface area contributed by atoms with Crippen LogP contribution in [0.25, 0.3) is 5.82 Å². The molecule has 2 aromatic heterocycles. The van der Waals surface area contributed by atoms with Crippen LogP contribution in [0.5, 0.6) is 5.75 Å². The van der Waals surface area contributed by atoms with Crippen LogP contribution in [0, 0.1) is 6.92 Å². The number of imidazole rings is 1. The fraction of sp³-hybridized carbons (Fsp3) is 0.118. The first-order valence-electron chi connectivity index (χ1n) is 7.10. The number of aryl methyl sites for hydroxylation is 1. The Hall–Kier alpha value is -3.15. The van der Waals surface area contributed by atoms with Crippen LogP contribution in [0.4, 0.5) is 5.69 Å². The summed E-state index contributed by atoms with van der Waals surface area (Å²) in [7, 11) is 1.54. The van der Waals surface area contributed by atoms with Gasteiger partial charge in [-0.3, -0.25) is 9.36 Å². The molecule has 0 aliphatic heterocycles. The average Bonchev–Trinajstić information content (AvgIpc) is 3.01. The number of hydrogen-bond acceptors (Lipinski definition) is 4. The van der Waals surface area contributed by atoms with Crippen LogP contribution in [0.3, 0.4) is 0 Å². The van der Waals surface area contributed by atoms with Gasteiger partial charge in [0.25, 0.3) is 5.91 Å². The molecule has 6 heteroatoms. The minimum atomic E-state index is -0.240. The summed E-state index contributed by atoms with van der Waals surface area (Å²) in [4.78, 5) is 20.8. The lowest BCUT2D eigenvalue weighted by Crippen LogP contribution is -2.13. The van der Waals surface area contributed by atoms with Crippen molar-refractivity contribution < 1.29 is 9.53 Å². The van der Waals surface area contributed by atoms with Crippen molar-refractivity contribution in [3.63, 3.8) is 0 Å². The third kappa shape index (κ3) is 3.06. The molecule has 0 bridgehead atoms. The molecule has 0 atom stereocenters. The van der Waals surface area contributed by atoms with Gasteiger partial charge >= 0.3 is 0 Å². The number of amides is 1. The van der Waals surface area contributed by atoms with Crippen molar-refractivity contribution in [2.45, 2.75) is 6.92 Å². The van der Waals surface area contributed by atoms with Crippen LogP contribution in [-0.2, 0) is 0 Å². The average molecular weight is 308 g/mol. The molecule has 1 aromatic carbocycles. The zero-order chi connectivity index (χ0) is 16.2. The molecular formula is C17H16N4O2. The summed E-state index contributed by atoms with van der Waals surface area (Å²) < 4.78 is 7.07. The minimum Gasteiger partial charge on any atom is -0.496 e. The number of carbonyl (C=O) groups is 1. The van der Waals surface area contributed by atoms with E-state index >= 15 is 0 Å². The molecule has 23 heavy (non-hydrogen) atoms. The van der Waals surface area contributed by atoms with E-state index in [0.717, 1.165) is 11.6 Å². The molecule has 116 valence electrons. The van der Waals surface area contributed by atoms with Gasteiger partial charge in [0.15, 0.2) is 0 Å². The molecule has 3 rings (SSSR count). The maximum atomic E-state index is 12.3. The summed E-state index contributed by atoms with van der Waals surface area (Å²) in [6.45, 7) is 1.90. The molecule has 0 aliphatic carbocycles. The summed E-state index contributed by atoms with van der Waals surface area (Å²) in [6, 6.07) is 10.7. The van der Waals surface area contributed by atoms with E-state index in [1.165, 1.54) is 7.11 Å². The Balaban J connectivity index is 1.78. The number of benzene rings is 1. The maximum Gasteiger partial charge on any atom is 0.259 e. The van der Waals surface area contributed by atoms with Gasteiger partial charge in [-0.15, -0.1) is 0 Å². The molecule has 0 fully saturated rings. The van der Waals surface area contributed by atoms with Crippen LogP contribution >= 0.6 is 0 Å². The first-order chi connectivity index (χ1) is 11.2. The Bertz CT molecular complexity index is 825. The molecular weight excluding hydrogens is 292 g/mol. The quantitative estimate of drug-likeness (QED) is 0.804. The van der Waals surface area contributed by atoms with Crippen LogP contribution in [0.1, 0.15) is 16.2 Å². The van der Waals surface area contributed by atoms with E-state index in [-0.39, 0.29) is 5.91 Å². The lowest BCUT2D eigenvalue weighted by Gasteiger charge is -2.09. The Labute approximate surface area is 133 Å². The van der Waals surface area contributed by atoms with Crippen LogP contribution in [0.2, 0.25) is 0 Å². The Morgan fingerprint density at radius 2 is 2.00 bits per heavy atom. The first kappa shape index (κ1) is 14.8. The fourth-order valence-corrected chi connectivity index (χ4v) is 2.25. The molecule has 0 unspecified atom stereocenters. The van der Waals surface area contributed by atoms with Crippen LogP contribution < -0.4 is 10.1 Å². The second-order valence-corrected chi connectivity index (χ2v) is 4.90. The second-order valence-electron chi connectivity index (χ2n) is 4.90. The zero-order valence-corrected chi connectivity index (χ0v) is 12.9. The van der Waals surface area contributed by atoms with E-state index in [0.29, 0.717) is 17.0 Å². The summed E-state index contributed by atoms with van der Waals surface area (Å²) in [5, 5.41) is 2.81. The van der Waals surface area contributed by atoms with Crippen molar-refractivity contribution >= 4 is 11.6 Å². The van der Waals surface area contributed by atoms with Gasteiger partial charge in [-0.1, -0.05) is 12.1 Å². The monoisotopic (exact) mass is 308 g/mol. The number of pyridine rings is 1. The lowest BCUT2D eigenvalue weighted by molar-refractivity contribution is 0.102. The number of carbonyl (C=O) groups excluding carboxylic acids is 1. The molecule has 0 radical (unpaired) electrons. The molecule has 1 N–H and O–H groups in total. The van der Waals surface area contributed by atoms with E-state index < -0.39 is 0 Å². The summed E-state index contributed by atoms with van der Waals surface area (Å²) in [6.07, 6.45) is 5.17. The topological polar surface area (TPSA) is 69.0 Å². The van der Waals surface area contributed by atoms with E-state index in [9.17, 15) is 4.79 Å². The zero-order valence-electron chi connectivity index (χ0n) is 12.9. The van der Waals surface area contributed by atoms with Gasteiger partial charge in [0.05, 0.1) is 24.6 Å². The van der Waals surface area contributed by atoms with Crippen LogP contribution in [0.15, 0.2) is 55.0 Å². The minimum absolute atomic E-state index is 0.240. The third-order valence-electron chi connectivity index (χ3n) is 3.43. The molecule has 0 spiro atoms. The maximum absolute atomic E-state index is 12.3. The molecule has 0 aliphatic rings. The molecule has 1 amide bonds. The van der Waals surface area contributed by atoms with Crippen LogP contribution in [-0.4, -0.2) is 27.6 Å². The number of para-hydroxylation sites is 1. The molecule has 0 saturated heterocycles. The standard InChI is InChI=1S/C17H16N4O2/c1-12-18-9-10-21(12)16-8-7-13(11-19-16)20-17(22)14-5-3-4-6-15(14)23-2/h3-11H,1-2H3,(H,20,22). The van der Waals surface area contributed by atoms with E-state index in [1.54, 1.807) is 36.7 Å². The van der Waals surface area contributed by atoms with Gasteiger partial charge < -0.3 is 10.1 Å². The number of hydrogen-bond donors (Lipinski definition) is 1. The number of methoxy groups -OCH3 is 1. The largest absolute Gasteiger partial charge is 0.496 e. The first-order valence-corrected chi connectivity index (χ1v) is 7.10. The Kier molecular flexibility index (Phi) is 4.05. The highest BCUT2D eigenvalue weighted by atomic mass is 16.5. The number of nitrogens with zero attached hydrogens (tertiary/aromatic N) is 3. The van der Waals surface area contributed by atoms with Crippen molar-refractivity contribution in [2.75, 3.05) is 12.4 Å². The van der Waals surface area contributed by atoms with Crippen molar-refractivity contribution in [3.8, 4) is 11.6 Å². The van der Waals surface area contributed by atoms with Crippen molar-refractivity contribution in [3.05, 3.63) is 66.4 Å². The Morgan fingerprint density at radius 3 is 2.65 bits per heavy atom. The van der Waals surface area contributed by atoms with Gasteiger partial charge in [0.2, 0.25) is 0 Å².